The highest BCUT2D eigenvalue weighted by atomic mass is 32.2. The molecule has 0 saturated heterocycles. The summed E-state index contributed by atoms with van der Waals surface area (Å²) in [5, 5.41) is 2.52. The Labute approximate surface area is 113 Å². The van der Waals surface area contributed by atoms with Crippen molar-refractivity contribution in [3.8, 4) is 0 Å². The summed E-state index contributed by atoms with van der Waals surface area (Å²) in [4.78, 5) is 11.2. The third-order valence-corrected chi connectivity index (χ3v) is 3.74. The minimum Gasteiger partial charge on any atom is -0.355 e. The highest BCUT2D eigenvalue weighted by Gasteiger charge is 2.12. The second-order valence-corrected chi connectivity index (χ2v) is 5.86. The van der Waals surface area contributed by atoms with E-state index >= 15 is 0 Å². The van der Waals surface area contributed by atoms with Crippen LogP contribution in [0.2, 0.25) is 0 Å². The lowest BCUT2D eigenvalue weighted by atomic mass is 10.1. The Balaban J connectivity index is 2.56. The van der Waals surface area contributed by atoms with Crippen molar-refractivity contribution in [1.82, 2.24) is 10.0 Å². The number of hydrogen-bond donors (Lipinski definition) is 3. The van der Waals surface area contributed by atoms with Crippen LogP contribution in [0, 0.1) is 0 Å². The first-order valence-corrected chi connectivity index (χ1v) is 7.64. The summed E-state index contributed by atoms with van der Waals surface area (Å²) in [6, 6.07) is 7.00. The summed E-state index contributed by atoms with van der Waals surface area (Å²) in [5.41, 5.74) is 7.06. The number of hydrogen-bond acceptors (Lipinski definition) is 4. The predicted molar refractivity (Wildman–Crippen MR) is 73.6 cm³/mol. The molecule has 0 spiro atoms. The largest absolute Gasteiger partial charge is 0.355 e. The van der Waals surface area contributed by atoms with E-state index in [2.05, 4.69) is 10.0 Å². The zero-order valence-electron chi connectivity index (χ0n) is 10.8. The van der Waals surface area contributed by atoms with Crippen LogP contribution in [0.5, 0.6) is 0 Å². The monoisotopic (exact) mass is 285 g/mol. The van der Waals surface area contributed by atoms with Crippen molar-refractivity contribution in [1.29, 1.82) is 0 Å². The molecule has 0 heterocycles. The Kier molecular flexibility index (Phi) is 5.94. The van der Waals surface area contributed by atoms with E-state index in [1.54, 1.807) is 31.2 Å². The van der Waals surface area contributed by atoms with Gasteiger partial charge in [-0.3, -0.25) is 4.79 Å². The van der Waals surface area contributed by atoms with Gasteiger partial charge < -0.3 is 11.1 Å². The van der Waals surface area contributed by atoms with Gasteiger partial charge in [-0.1, -0.05) is 24.3 Å². The van der Waals surface area contributed by atoms with Crippen LogP contribution in [-0.2, 0) is 27.1 Å². The van der Waals surface area contributed by atoms with E-state index in [1.165, 1.54) is 0 Å². The lowest BCUT2D eigenvalue weighted by Crippen LogP contribution is -2.37. The molecule has 0 unspecified atom stereocenters. The highest BCUT2D eigenvalue weighted by molar-refractivity contribution is 7.88. The topological polar surface area (TPSA) is 101 Å². The molecule has 1 aromatic rings. The number of sulfonamides is 1. The molecule has 106 valence electrons. The number of rotatable bonds is 7. The number of likely N-dealkylation sites (N-methyl/N-ethyl adjacent to an activating group) is 1. The van der Waals surface area contributed by atoms with Crippen molar-refractivity contribution in [2.24, 2.45) is 5.73 Å². The summed E-state index contributed by atoms with van der Waals surface area (Å²) in [6.07, 6.45) is 0. The van der Waals surface area contributed by atoms with E-state index in [0.717, 1.165) is 5.56 Å². The van der Waals surface area contributed by atoms with E-state index in [4.69, 9.17) is 5.73 Å². The Morgan fingerprint density at radius 1 is 1.21 bits per heavy atom. The Bertz CT molecular complexity index is 512. The van der Waals surface area contributed by atoms with Gasteiger partial charge in [0.1, 0.15) is 0 Å². The van der Waals surface area contributed by atoms with Crippen LogP contribution in [0.15, 0.2) is 24.3 Å². The maximum Gasteiger partial charge on any atom is 0.235 e. The van der Waals surface area contributed by atoms with Gasteiger partial charge >= 0.3 is 0 Å². The number of nitrogens with two attached hydrogens (primary N) is 1. The van der Waals surface area contributed by atoms with Gasteiger partial charge in [0.05, 0.1) is 12.3 Å². The summed E-state index contributed by atoms with van der Waals surface area (Å²) in [6.45, 7) is 2.42. The van der Waals surface area contributed by atoms with Crippen molar-refractivity contribution >= 4 is 15.9 Å². The highest BCUT2D eigenvalue weighted by Crippen LogP contribution is 2.07. The van der Waals surface area contributed by atoms with E-state index in [9.17, 15) is 13.2 Å². The second kappa shape index (κ2) is 7.22. The average molecular weight is 285 g/mol. The summed E-state index contributed by atoms with van der Waals surface area (Å²) in [5.74, 6) is -0.499. The minimum absolute atomic E-state index is 0.155. The Morgan fingerprint density at radius 3 is 2.32 bits per heavy atom. The fourth-order valence-corrected chi connectivity index (χ4v) is 2.56. The SMILES string of the molecule is CCNC(=O)CNS(=O)(=O)Cc1ccc(CN)cc1. The molecule has 1 aromatic carbocycles. The first-order valence-electron chi connectivity index (χ1n) is 5.98. The molecule has 0 atom stereocenters. The van der Waals surface area contributed by atoms with Gasteiger partial charge in [-0.05, 0) is 18.1 Å². The summed E-state index contributed by atoms with van der Waals surface area (Å²) < 4.78 is 25.8. The standard InChI is InChI=1S/C12H19N3O3S/c1-2-14-12(16)8-15-19(17,18)9-11-5-3-10(7-13)4-6-11/h3-6,15H,2,7-9,13H2,1H3,(H,14,16). The number of benzene rings is 1. The van der Waals surface area contributed by atoms with Gasteiger partial charge in [0.25, 0.3) is 0 Å². The molecule has 6 nitrogen and oxygen atoms in total. The maximum absolute atomic E-state index is 11.7. The first-order chi connectivity index (χ1) is 8.96. The van der Waals surface area contributed by atoms with Crippen molar-refractivity contribution in [3.05, 3.63) is 35.4 Å². The zero-order chi connectivity index (χ0) is 14.3. The Morgan fingerprint density at radius 2 is 1.79 bits per heavy atom. The molecule has 19 heavy (non-hydrogen) atoms. The molecule has 0 saturated carbocycles. The van der Waals surface area contributed by atoms with Crippen LogP contribution in [0.1, 0.15) is 18.1 Å². The van der Waals surface area contributed by atoms with Crippen molar-refractivity contribution < 1.29 is 13.2 Å². The van der Waals surface area contributed by atoms with E-state index in [1.807, 2.05) is 0 Å². The summed E-state index contributed by atoms with van der Waals surface area (Å²) >= 11 is 0. The molecule has 1 amide bonds. The average Bonchev–Trinajstić information content (AvgIpc) is 2.37. The van der Waals surface area contributed by atoms with E-state index in [0.29, 0.717) is 18.7 Å². The molecule has 4 N–H and O–H groups in total. The molecule has 0 aliphatic rings. The zero-order valence-corrected chi connectivity index (χ0v) is 11.7. The van der Waals surface area contributed by atoms with Crippen molar-refractivity contribution in [2.45, 2.75) is 19.2 Å². The molecule has 0 fully saturated rings. The van der Waals surface area contributed by atoms with Crippen LogP contribution < -0.4 is 15.8 Å². The second-order valence-electron chi connectivity index (χ2n) is 4.05. The molecule has 0 aliphatic carbocycles. The maximum atomic E-state index is 11.7. The Hall–Kier alpha value is -1.44. The van der Waals surface area contributed by atoms with Crippen molar-refractivity contribution in [2.75, 3.05) is 13.1 Å². The van der Waals surface area contributed by atoms with Gasteiger partial charge in [0.15, 0.2) is 0 Å². The number of amides is 1. The molecule has 0 radical (unpaired) electrons. The quantitative estimate of drug-likeness (QED) is 0.640. The lowest BCUT2D eigenvalue weighted by molar-refractivity contribution is -0.119. The first kappa shape index (κ1) is 15.6. The van der Waals surface area contributed by atoms with Crippen molar-refractivity contribution in [3.63, 3.8) is 0 Å². The number of carbonyl (C=O) groups excluding carboxylic acids is 1. The summed E-state index contributed by atoms with van der Waals surface area (Å²) in [7, 11) is -3.51. The molecule has 0 aromatic heterocycles. The molecule has 0 aliphatic heterocycles. The third-order valence-electron chi connectivity index (χ3n) is 2.44. The number of carbonyl (C=O) groups is 1. The smallest absolute Gasteiger partial charge is 0.235 e. The van der Waals surface area contributed by atoms with Crippen LogP contribution in [-0.4, -0.2) is 27.4 Å². The predicted octanol–water partition coefficient (Wildman–Crippen LogP) is -0.299. The van der Waals surface area contributed by atoms with E-state index < -0.39 is 10.0 Å². The fourth-order valence-electron chi connectivity index (χ4n) is 1.48. The fraction of sp³-hybridized carbons (Fsp3) is 0.417. The molecular weight excluding hydrogens is 266 g/mol. The van der Waals surface area contributed by atoms with Crippen LogP contribution >= 0.6 is 0 Å². The van der Waals surface area contributed by atoms with Gasteiger partial charge in [-0.25, -0.2) is 13.1 Å². The molecule has 7 heteroatoms. The molecule has 1 rings (SSSR count). The molecule has 0 bridgehead atoms. The van der Waals surface area contributed by atoms with Gasteiger partial charge in [0, 0.05) is 13.1 Å². The number of nitrogens with one attached hydrogen (secondary N) is 2. The van der Waals surface area contributed by atoms with Crippen LogP contribution in [0.3, 0.4) is 0 Å². The minimum atomic E-state index is -3.51. The van der Waals surface area contributed by atoms with E-state index in [-0.39, 0.29) is 18.2 Å². The normalized spacial score (nSPS) is 11.3. The van der Waals surface area contributed by atoms with Crippen LogP contribution in [0.4, 0.5) is 0 Å². The molecular formula is C12H19N3O3S. The van der Waals surface area contributed by atoms with Crippen LogP contribution in [0.25, 0.3) is 0 Å². The third kappa shape index (κ3) is 5.82. The lowest BCUT2D eigenvalue weighted by Gasteiger charge is -2.07. The van der Waals surface area contributed by atoms with Gasteiger partial charge in [-0.15, -0.1) is 0 Å². The van der Waals surface area contributed by atoms with Gasteiger partial charge in [-0.2, -0.15) is 0 Å². The van der Waals surface area contributed by atoms with Gasteiger partial charge in [0.2, 0.25) is 15.9 Å².